The van der Waals surface area contributed by atoms with Crippen molar-refractivity contribution in [2.75, 3.05) is 14.2 Å². The highest BCUT2D eigenvalue weighted by atomic mass is 32.2. The minimum Gasteiger partial charge on any atom is -0.497 e. The van der Waals surface area contributed by atoms with Crippen LogP contribution in [0.5, 0.6) is 11.5 Å². The number of benzene rings is 1. The number of hydrogen-bond acceptors (Lipinski definition) is 5. The molecule has 0 bridgehead atoms. The molecule has 1 N–H and O–H groups in total. The summed E-state index contributed by atoms with van der Waals surface area (Å²) in [6, 6.07) is 4.58. The van der Waals surface area contributed by atoms with E-state index in [1.165, 1.54) is 26.4 Å². The SMILES string of the molecule is CCn1ncc(CNS(=O)(=O)c2ccc(OC)cc2OC)c1C. The van der Waals surface area contributed by atoms with Crippen molar-refractivity contribution < 1.29 is 17.9 Å². The molecule has 0 fully saturated rings. The van der Waals surface area contributed by atoms with Gasteiger partial charge in [-0.25, -0.2) is 13.1 Å². The van der Waals surface area contributed by atoms with Gasteiger partial charge in [-0.3, -0.25) is 4.68 Å². The van der Waals surface area contributed by atoms with Gasteiger partial charge in [0.1, 0.15) is 16.4 Å². The largest absolute Gasteiger partial charge is 0.497 e. The van der Waals surface area contributed by atoms with E-state index in [4.69, 9.17) is 9.47 Å². The molecular weight excluding hydrogens is 318 g/mol. The summed E-state index contributed by atoms with van der Waals surface area (Å²) in [5.41, 5.74) is 1.78. The molecule has 1 aromatic carbocycles. The van der Waals surface area contributed by atoms with Gasteiger partial charge in [-0.05, 0) is 26.0 Å². The highest BCUT2D eigenvalue weighted by Gasteiger charge is 2.20. The highest BCUT2D eigenvalue weighted by molar-refractivity contribution is 7.89. The zero-order chi connectivity index (χ0) is 17.0. The van der Waals surface area contributed by atoms with E-state index in [-0.39, 0.29) is 17.2 Å². The summed E-state index contributed by atoms with van der Waals surface area (Å²) in [5.74, 6) is 0.763. The number of aromatic nitrogens is 2. The first kappa shape index (κ1) is 17.3. The fourth-order valence-corrected chi connectivity index (χ4v) is 3.38. The topological polar surface area (TPSA) is 82.5 Å². The molecule has 2 rings (SSSR count). The molecule has 0 atom stereocenters. The number of nitrogens with one attached hydrogen (secondary N) is 1. The average molecular weight is 339 g/mol. The van der Waals surface area contributed by atoms with Gasteiger partial charge in [0.05, 0.1) is 20.4 Å². The lowest BCUT2D eigenvalue weighted by Crippen LogP contribution is -2.24. The fourth-order valence-electron chi connectivity index (χ4n) is 2.22. The van der Waals surface area contributed by atoms with Gasteiger partial charge in [0, 0.05) is 30.4 Å². The van der Waals surface area contributed by atoms with Crippen molar-refractivity contribution in [1.82, 2.24) is 14.5 Å². The van der Waals surface area contributed by atoms with E-state index in [1.54, 1.807) is 12.3 Å². The highest BCUT2D eigenvalue weighted by Crippen LogP contribution is 2.28. The molecule has 0 radical (unpaired) electrons. The minimum atomic E-state index is -3.71. The van der Waals surface area contributed by atoms with Gasteiger partial charge in [-0.15, -0.1) is 0 Å². The maximum atomic E-state index is 12.5. The Morgan fingerprint density at radius 2 is 2.00 bits per heavy atom. The van der Waals surface area contributed by atoms with Gasteiger partial charge in [0.25, 0.3) is 0 Å². The average Bonchev–Trinajstić information content (AvgIpc) is 2.92. The van der Waals surface area contributed by atoms with Crippen molar-refractivity contribution >= 4 is 10.0 Å². The maximum absolute atomic E-state index is 12.5. The van der Waals surface area contributed by atoms with Gasteiger partial charge >= 0.3 is 0 Å². The summed E-state index contributed by atoms with van der Waals surface area (Å²) in [5, 5.41) is 4.20. The summed E-state index contributed by atoms with van der Waals surface area (Å²) in [6.07, 6.45) is 1.67. The van der Waals surface area contributed by atoms with Crippen LogP contribution in [0, 0.1) is 6.92 Å². The van der Waals surface area contributed by atoms with Crippen LogP contribution < -0.4 is 14.2 Å². The van der Waals surface area contributed by atoms with Crippen LogP contribution in [-0.2, 0) is 23.1 Å². The molecule has 0 aliphatic heterocycles. The predicted molar refractivity (Wildman–Crippen MR) is 86.2 cm³/mol. The molecule has 1 aromatic heterocycles. The molecule has 0 aliphatic carbocycles. The summed E-state index contributed by atoms with van der Waals surface area (Å²) in [6.45, 7) is 4.80. The Hall–Kier alpha value is -2.06. The van der Waals surface area contributed by atoms with Crippen molar-refractivity contribution in [3.63, 3.8) is 0 Å². The molecule has 126 valence electrons. The van der Waals surface area contributed by atoms with Crippen molar-refractivity contribution in [1.29, 1.82) is 0 Å². The number of rotatable bonds is 7. The third-order valence-corrected chi connectivity index (χ3v) is 5.06. The number of methoxy groups -OCH3 is 2. The van der Waals surface area contributed by atoms with E-state index in [2.05, 4.69) is 9.82 Å². The number of hydrogen-bond donors (Lipinski definition) is 1. The standard InChI is InChI=1S/C15H21N3O4S/c1-5-18-11(2)12(9-16-18)10-17-23(19,20)15-7-6-13(21-3)8-14(15)22-4/h6-9,17H,5,10H2,1-4H3. The maximum Gasteiger partial charge on any atom is 0.244 e. The fraction of sp³-hybridized carbons (Fsp3) is 0.400. The van der Waals surface area contributed by atoms with Crippen molar-refractivity contribution in [3.05, 3.63) is 35.7 Å². The lowest BCUT2D eigenvalue weighted by Gasteiger charge is -2.12. The third kappa shape index (κ3) is 3.65. The zero-order valence-corrected chi connectivity index (χ0v) is 14.5. The second-order valence-electron chi connectivity index (χ2n) is 4.91. The van der Waals surface area contributed by atoms with E-state index in [0.717, 1.165) is 17.8 Å². The molecule has 7 nitrogen and oxygen atoms in total. The van der Waals surface area contributed by atoms with Crippen molar-refractivity contribution in [2.24, 2.45) is 0 Å². The van der Waals surface area contributed by atoms with Crippen LogP contribution in [0.2, 0.25) is 0 Å². The molecule has 0 saturated heterocycles. The summed E-state index contributed by atoms with van der Waals surface area (Å²) < 4.78 is 39.7. The molecule has 0 aliphatic rings. The van der Waals surface area contributed by atoms with E-state index >= 15 is 0 Å². The lowest BCUT2D eigenvalue weighted by atomic mass is 10.3. The number of aryl methyl sites for hydroxylation is 1. The lowest BCUT2D eigenvalue weighted by molar-refractivity contribution is 0.386. The monoisotopic (exact) mass is 339 g/mol. The molecule has 23 heavy (non-hydrogen) atoms. The van der Waals surface area contributed by atoms with Crippen LogP contribution in [0.3, 0.4) is 0 Å². The quantitative estimate of drug-likeness (QED) is 0.830. The van der Waals surface area contributed by atoms with E-state index in [1.807, 2.05) is 18.5 Å². The van der Waals surface area contributed by atoms with E-state index in [0.29, 0.717) is 5.75 Å². The molecule has 0 spiro atoms. The minimum absolute atomic E-state index is 0.0707. The van der Waals surface area contributed by atoms with Crippen molar-refractivity contribution in [2.45, 2.75) is 31.8 Å². The Morgan fingerprint density at radius 1 is 1.26 bits per heavy atom. The van der Waals surface area contributed by atoms with E-state index in [9.17, 15) is 8.42 Å². The van der Waals surface area contributed by atoms with Crippen LogP contribution >= 0.6 is 0 Å². The van der Waals surface area contributed by atoms with Gasteiger partial charge in [0.15, 0.2) is 0 Å². The molecule has 1 heterocycles. The van der Waals surface area contributed by atoms with Crippen molar-refractivity contribution in [3.8, 4) is 11.5 Å². The van der Waals surface area contributed by atoms with Gasteiger partial charge in [-0.2, -0.15) is 5.10 Å². The molecular formula is C15H21N3O4S. The van der Waals surface area contributed by atoms with Gasteiger partial charge < -0.3 is 9.47 Å². The Labute approximate surface area is 136 Å². The first-order valence-electron chi connectivity index (χ1n) is 7.16. The first-order valence-corrected chi connectivity index (χ1v) is 8.64. The van der Waals surface area contributed by atoms with Gasteiger partial charge in [0.2, 0.25) is 10.0 Å². The normalized spacial score (nSPS) is 11.5. The molecule has 0 unspecified atom stereocenters. The summed E-state index contributed by atoms with van der Waals surface area (Å²) >= 11 is 0. The van der Waals surface area contributed by atoms with E-state index < -0.39 is 10.0 Å². The predicted octanol–water partition coefficient (Wildman–Crippen LogP) is 1.71. The zero-order valence-electron chi connectivity index (χ0n) is 13.7. The number of nitrogens with zero attached hydrogens (tertiary/aromatic N) is 2. The second kappa shape index (κ2) is 7.01. The second-order valence-corrected chi connectivity index (χ2v) is 6.65. The van der Waals surface area contributed by atoms with Crippen LogP contribution in [0.15, 0.2) is 29.3 Å². The molecule has 8 heteroatoms. The van der Waals surface area contributed by atoms with Crippen LogP contribution in [0.25, 0.3) is 0 Å². The molecule has 0 saturated carbocycles. The summed E-state index contributed by atoms with van der Waals surface area (Å²) in [4.78, 5) is 0.0707. The van der Waals surface area contributed by atoms with Crippen LogP contribution in [-0.4, -0.2) is 32.4 Å². The third-order valence-electron chi connectivity index (χ3n) is 3.62. The van der Waals surface area contributed by atoms with Crippen LogP contribution in [0.1, 0.15) is 18.2 Å². The van der Waals surface area contributed by atoms with Crippen LogP contribution in [0.4, 0.5) is 0 Å². The number of sulfonamides is 1. The number of ether oxygens (including phenoxy) is 2. The Bertz CT molecular complexity index is 784. The smallest absolute Gasteiger partial charge is 0.244 e. The summed E-state index contributed by atoms with van der Waals surface area (Å²) in [7, 11) is -0.779. The first-order chi connectivity index (χ1) is 10.9. The van der Waals surface area contributed by atoms with Gasteiger partial charge in [-0.1, -0.05) is 0 Å². The molecule has 0 amide bonds. The Morgan fingerprint density at radius 3 is 2.57 bits per heavy atom. The molecule has 2 aromatic rings. The Kier molecular flexibility index (Phi) is 5.27. The Balaban J connectivity index is 2.23.